The van der Waals surface area contributed by atoms with Crippen LogP contribution in [0.15, 0.2) is 24.3 Å². The van der Waals surface area contributed by atoms with Crippen LogP contribution in [0.5, 0.6) is 0 Å². The van der Waals surface area contributed by atoms with Gasteiger partial charge in [-0.25, -0.2) is 4.79 Å². The summed E-state index contributed by atoms with van der Waals surface area (Å²) < 4.78 is 0. The van der Waals surface area contributed by atoms with Gasteiger partial charge in [0.25, 0.3) is 0 Å². The molecule has 2 rings (SSSR count). The number of benzene rings is 1. The molecule has 0 radical (unpaired) electrons. The summed E-state index contributed by atoms with van der Waals surface area (Å²) in [6, 6.07) is 6.53. The van der Waals surface area contributed by atoms with Gasteiger partial charge in [0.1, 0.15) is 0 Å². The second kappa shape index (κ2) is 11.4. The number of likely N-dealkylation sites (tertiary alicyclic amines) is 1. The number of nitrogens with one attached hydrogen (secondary N) is 3. The summed E-state index contributed by atoms with van der Waals surface area (Å²) in [4.78, 5) is 38.9. The van der Waals surface area contributed by atoms with Gasteiger partial charge in [-0.3, -0.25) is 9.59 Å². The largest absolute Gasteiger partial charge is 0.384 e. The predicted molar refractivity (Wildman–Crippen MR) is 133 cm³/mol. The lowest BCUT2D eigenvalue weighted by Gasteiger charge is -2.51. The molecule has 9 heteroatoms. The van der Waals surface area contributed by atoms with Crippen molar-refractivity contribution in [2.75, 3.05) is 19.6 Å². The molecule has 1 saturated heterocycles. The van der Waals surface area contributed by atoms with Crippen LogP contribution in [-0.2, 0) is 15.2 Å². The lowest BCUT2D eigenvalue weighted by molar-refractivity contribution is -0.156. The number of halogens is 1. The minimum Gasteiger partial charge on any atom is -0.384 e. The van der Waals surface area contributed by atoms with Crippen molar-refractivity contribution in [2.45, 2.75) is 72.1 Å². The van der Waals surface area contributed by atoms with Gasteiger partial charge in [0.2, 0.25) is 11.8 Å². The van der Waals surface area contributed by atoms with E-state index >= 15 is 0 Å². The number of carbonyl (C=O) groups is 3. The van der Waals surface area contributed by atoms with E-state index in [0.717, 1.165) is 5.56 Å². The highest BCUT2D eigenvalue weighted by Crippen LogP contribution is 2.46. The molecule has 0 aromatic heterocycles. The number of hydrogen-bond donors (Lipinski definition) is 4. The third kappa shape index (κ3) is 6.85. The van der Waals surface area contributed by atoms with Crippen LogP contribution >= 0.6 is 11.6 Å². The summed E-state index contributed by atoms with van der Waals surface area (Å²) in [5.74, 6) is -0.722. The molecule has 190 valence electrons. The zero-order valence-electron chi connectivity index (χ0n) is 21.1. The monoisotopic (exact) mass is 494 g/mol. The topological polar surface area (TPSA) is 111 Å². The fourth-order valence-corrected chi connectivity index (χ4v) is 4.45. The minimum atomic E-state index is -1.08. The fraction of sp³-hybridized carbons (Fsp3) is 0.640. The normalized spacial score (nSPS) is 21.5. The molecule has 3 atom stereocenters. The van der Waals surface area contributed by atoms with Gasteiger partial charge in [-0.15, -0.1) is 0 Å². The Morgan fingerprint density at radius 3 is 2.26 bits per heavy atom. The van der Waals surface area contributed by atoms with Crippen LogP contribution < -0.4 is 16.0 Å². The first-order valence-corrected chi connectivity index (χ1v) is 12.3. The predicted octanol–water partition coefficient (Wildman–Crippen LogP) is 3.02. The Morgan fingerprint density at radius 1 is 1.09 bits per heavy atom. The molecule has 1 aromatic rings. The quantitative estimate of drug-likeness (QED) is 0.445. The fourth-order valence-electron chi connectivity index (χ4n) is 4.33. The molecular weight excluding hydrogens is 456 g/mol. The van der Waals surface area contributed by atoms with E-state index in [9.17, 15) is 19.5 Å². The van der Waals surface area contributed by atoms with Gasteiger partial charge >= 0.3 is 6.03 Å². The Hall–Kier alpha value is -2.32. The van der Waals surface area contributed by atoms with Crippen LogP contribution in [0.4, 0.5) is 4.79 Å². The third-order valence-electron chi connectivity index (χ3n) is 6.67. The number of hydrogen-bond acceptors (Lipinski definition) is 4. The molecule has 1 fully saturated rings. The van der Waals surface area contributed by atoms with E-state index in [0.29, 0.717) is 24.5 Å². The van der Waals surface area contributed by atoms with Crippen molar-refractivity contribution in [1.29, 1.82) is 0 Å². The molecule has 1 aromatic carbocycles. The van der Waals surface area contributed by atoms with Gasteiger partial charge in [0, 0.05) is 48.6 Å². The summed E-state index contributed by atoms with van der Waals surface area (Å²) >= 11 is 6.01. The van der Waals surface area contributed by atoms with Crippen molar-refractivity contribution in [2.24, 2.45) is 11.3 Å². The lowest BCUT2D eigenvalue weighted by atomic mass is 9.66. The molecule has 8 nitrogen and oxygen atoms in total. The van der Waals surface area contributed by atoms with Crippen LogP contribution in [0.25, 0.3) is 0 Å². The van der Waals surface area contributed by atoms with E-state index in [1.165, 1.54) is 0 Å². The molecular formula is C25H39ClN4O4. The van der Waals surface area contributed by atoms with Gasteiger partial charge in [0.15, 0.2) is 0 Å². The Kier molecular flexibility index (Phi) is 9.37. The first-order valence-electron chi connectivity index (χ1n) is 11.9. The standard InChI is InChI=1S/C25H39ClN4O4/c1-16(2)28-23(33)27-13-11-21(31)29-18(4)17(3)22(32)30-14-12-25(34,24(5,6)15-30)19-7-9-20(26)10-8-19/h7-10,16-18,34H,11-15H2,1-6H3,(H,29,31)(H2,27,28,33)/t17-,18?,25+/m1/s1. The summed E-state index contributed by atoms with van der Waals surface area (Å²) in [6.45, 7) is 12.3. The van der Waals surface area contributed by atoms with Crippen LogP contribution in [0, 0.1) is 11.3 Å². The number of amides is 4. The molecule has 0 saturated carbocycles. The second-order valence-electron chi connectivity index (χ2n) is 10.2. The first kappa shape index (κ1) is 27.9. The zero-order valence-corrected chi connectivity index (χ0v) is 21.8. The Morgan fingerprint density at radius 2 is 1.71 bits per heavy atom. The van der Waals surface area contributed by atoms with E-state index in [1.807, 2.05) is 39.8 Å². The van der Waals surface area contributed by atoms with E-state index in [-0.39, 0.29) is 42.9 Å². The Labute approximate surface area is 207 Å². The highest BCUT2D eigenvalue weighted by molar-refractivity contribution is 6.30. The van der Waals surface area contributed by atoms with E-state index in [4.69, 9.17) is 11.6 Å². The maximum absolute atomic E-state index is 13.2. The van der Waals surface area contributed by atoms with Crippen molar-refractivity contribution >= 4 is 29.4 Å². The molecule has 0 spiro atoms. The molecule has 4 amide bonds. The Bertz CT molecular complexity index is 874. The van der Waals surface area contributed by atoms with E-state index in [1.54, 1.807) is 30.9 Å². The van der Waals surface area contributed by atoms with Crippen molar-refractivity contribution in [3.63, 3.8) is 0 Å². The van der Waals surface area contributed by atoms with Gasteiger partial charge in [-0.1, -0.05) is 44.5 Å². The van der Waals surface area contributed by atoms with Crippen molar-refractivity contribution in [1.82, 2.24) is 20.9 Å². The molecule has 1 heterocycles. The number of urea groups is 1. The van der Waals surface area contributed by atoms with Gasteiger partial charge in [-0.05, 0) is 44.9 Å². The van der Waals surface area contributed by atoms with Crippen LogP contribution in [0.1, 0.15) is 59.9 Å². The van der Waals surface area contributed by atoms with Crippen molar-refractivity contribution in [3.05, 3.63) is 34.9 Å². The van der Waals surface area contributed by atoms with Crippen LogP contribution in [0.2, 0.25) is 5.02 Å². The molecule has 34 heavy (non-hydrogen) atoms. The maximum atomic E-state index is 13.2. The van der Waals surface area contributed by atoms with Crippen LogP contribution in [0.3, 0.4) is 0 Å². The number of nitrogens with zero attached hydrogens (tertiary/aromatic N) is 1. The van der Waals surface area contributed by atoms with Gasteiger partial charge in [0.05, 0.1) is 11.5 Å². The number of aliphatic hydroxyl groups is 1. The maximum Gasteiger partial charge on any atom is 0.315 e. The number of carbonyl (C=O) groups excluding carboxylic acids is 3. The smallest absolute Gasteiger partial charge is 0.315 e. The van der Waals surface area contributed by atoms with Crippen molar-refractivity contribution < 1.29 is 19.5 Å². The molecule has 1 unspecified atom stereocenters. The third-order valence-corrected chi connectivity index (χ3v) is 6.92. The molecule has 4 N–H and O–H groups in total. The molecule has 1 aliphatic rings. The minimum absolute atomic E-state index is 0.0163. The van der Waals surface area contributed by atoms with Gasteiger partial charge in [-0.2, -0.15) is 0 Å². The SMILES string of the molecule is CC(C)NC(=O)NCCC(=O)NC(C)[C@@H](C)C(=O)N1CC[C@](O)(c2ccc(Cl)cc2)C(C)(C)C1. The molecule has 0 bridgehead atoms. The van der Waals surface area contributed by atoms with E-state index in [2.05, 4.69) is 16.0 Å². The molecule has 1 aliphatic heterocycles. The van der Waals surface area contributed by atoms with Crippen molar-refractivity contribution in [3.8, 4) is 0 Å². The summed E-state index contributed by atoms with van der Waals surface area (Å²) in [7, 11) is 0. The highest BCUT2D eigenvalue weighted by Gasteiger charge is 2.50. The number of piperidine rings is 1. The summed E-state index contributed by atoms with van der Waals surface area (Å²) in [5.41, 5.74) is -0.867. The summed E-state index contributed by atoms with van der Waals surface area (Å²) in [6.07, 6.45) is 0.534. The van der Waals surface area contributed by atoms with E-state index < -0.39 is 16.9 Å². The second-order valence-corrected chi connectivity index (χ2v) is 10.6. The zero-order chi connectivity index (χ0) is 25.7. The number of rotatable bonds is 8. The average Bonchev–Trinajstić information content (AvgIpc) is 2.74. The van der Waals surface area contributed by atoms with Crippen LogP contribution in [-0.4, -0.2) is 59.6 Å². The summed E-state index contributed by atoms with van der Waals surface area (Å²) in [5, 5.41) is 20.3. The lowest BCUT2D eigenvalue weighted by Crippen LogP contribution is -2.58. The Balaban J connectivity index is 1.91. The highest BCUT2D eigenvalue weighted by atomic mass is 35.5. The first-order chi connectivity index (χ1) is 15.8. The molecule has 0 aliphatic carbocycles. The van der Waals surface area contributed by atoms with Gasteiger partial charge < -0.3 is 26.0 Å². The average molecular weight is 495 g/mol.